The number of amides is 1. The van der Waals surface area contributed by atoms with E-state index >= 15 is 0 Å². The smallest absolute Gasteiger partial charge is 0.264 e. The molecule has 1 aliphatic heterocycles. The van der Waals surface area contributed by atoms with Crippen LogP contribution in [-0.2, 0) is 14.8 Å². The van der Waals surface area contributed by atoms with Crippen molar-refractivity contribution >= 4 is 27.3 Å². The molecule has 3 aromatic rings. The summed E-state index contributed by atoms with van der Waals surface area (Å²) in [5.41, 5.74) is 0.264. The predicted octanol–water partition coefficient (Wildman–Crippen LogP) is 3.45. The second-order valence-corrected chi connectivity index (χ2v) is 9.27. The van der Waals surface area contributed by atoms with Crippen molar-refractivity contribution in [3.63, 3.8) is 0 Å². The lowest BCUT2D eigenvalue weighted by Gasteiger charge is -2.25. The fraction of sp³-hybridized carbons (Fsp3) is 0.208. The first kappa shape index (κ1) is 24.1. The van der Waals surface area contributed by atoms with Crippen molar-refractivity contribution in [2.45, 2.75) is 4.90 Å². The van der Waals surface area contributed by atoms with Gasteiger partial charge in [0.25, 0.3) is 10.0 Å². The zero-order chi connectivity index (χ0) is 25.0. The number of halogens is 1. The van der Waals surface area contributed by atoms with E-state index in [4.69, 9.17) is 18.9 Å². The van der Waals surface area contributed by atoms with Gasteiger partial charge in [-0.25, -0.2) is 12.8 Å². The van der Waals surface area contributed by atoms with Gasteiger partial charge in [-0.1, -0.05) is 6.07 Å². The highest BCUT2D eigenvalue weighted by Crippen LogP contribution is 2.34. The highest BCUT2D eigenvalue weighted by molar-refractivity contribution is 7.92. The van der Waals surface area contributed by atoms with E-state index in [-0.39, 0.29) is 28.6 Å². The molecule has 35 heavy (non-hydrogen) atoms. The van der Waals surface area contributed by atoms with Crippen LogP contribution >= 0.6 is 0 Å². The van der Waals surface area contributed by atoms with Crippen molar-refractivity contribution < 1.29 is 36.6 Å². The van der Waals surface area contributed by atoms with Crippen LogP contribution in [0.25, 0.3) is 0 Å². The molecule has 0 aliphatic carbocycles. The van der Waals surface area contributed by atoms with Gasteiger partial charge in [-0.2, -0.15) is 0 Å². The highest BCUT2D eigenvalue weighted by Gasteiger charge is 2.29. The zero-order valence-electron chi connectivity index (χ0n) is 19.0. The summed E-state index contributed by atoms with van der Waals surface area (Å²) in [6, 6.07) is 13.9. The maximum Gasteiger partial charge on any atom is 0.264 e. The lowest BCUT2D eigenvalue weighted by Crippen LogP contribution is -2.38. The second-order valence-electron chi connectivity index (χ2n) is 7.41. The molecule has 1 heterocycles. The lowest BCUT2D eigenvalue weighted by molar-refractivity contribution is -0.114. The quantitative estimate of drug-likeness (QED) is 0.503. The van der Waals surface area contributed by atoms with Gasteiger partial charge in [-0.3, -0.25) is 9.10 Å². The fourth-order valence-corrected chi connectivity index (χ4v) is 4.92. The van der Waals surface area contributed by atoms with Crippen LogP contribution in [-0.4, -0.2) is 48.3 Å². The van der Waals surface area contributed by atoms with E-state index in [2.05, 4.69) is 5.32 Å². The summed E-state index contributed by atoms with van der Waals surface area (Å²) in [6.45, 7) is -0.0160. The first-order chi connectivity index (χ1) is 16.8. The minimum atomic E-state index is -4.31. The van der Waals surface area contributed by atoms with Crippen molar-refractivity contribution in [2.75, 3.05) is 43.6 Å². The Morgan fingerprint density at radius 2 is 1.77 bits per heavy atom. The van der Waals surface area contributed by atoms with E-state index in [1.54, 1.807) is 18.2 Å². The number of anilines is 2. The van der Waals surface area contributed by atoms with Crippen LogP contribution < -0.4 is 28.6 Å². The van der Waals surface area contributed by atoms with Crippen molar-refractivity contribution in [2.24, 2.45) is 0 Å². The third kappa shape index (κ3) is 5.24. The number of carbonyl (C=O) groups is 1. The Morgan fingerprint density at radius 1 is 1.00 bits per heavy atom. The van der Waals surface area contributed by atoms with Crippen LogP contribution in [0.15, 0.2) is 65.6 Å². The molecule has 3 aromatic carbocycles. The topological polar surface area (TPSA) is 103 Å². The van der Waals surface area contributed by atoms with Gasteiger partial charge in [0, 0.05) is 12.1 Å². The summed E-state index contributed by atoms with van der Waals surface area (Å²) >= 11 is 0. The average Bonchev–Trinajstić information content (AvgIpc) is 2.86. The molecule has 0 bridgehead atoms. The number of nitrogens with one attached hydrogen (secondary N) is 1. The molecule has 0 spiro atoms. The van der Waals surface area contributed by atoms with E-state index in [1.165, 1.54) is 50.6 Å². The highest BCUT2D eigenvalue weighted by atomic mass is 32.2. The number of hydrogen-bond acceptors (Lipinski definition) is 7. The van der Waals surface area contributed by atoms with Crippen molar-refractivity contribution in [3.05, 3.63) is 66.5 Å². The number of benzene rings is 3. The minimum absolute atomic E-state index is 0.0207. The van der Waals surface area contributed by atoms with Crippen molar-refractivity contribution in [3.8, 4) is 23.0 Å². The molecule has 0 unspecified atom stereocenters. The van der Waals surface area contributed by atoms with E-state index in [0.717, 1.165) is 10.4 Å². The molecule has 184 valence electrons. The molecule has 0 radical (unpaired) electrons. The average molecular weight is 503 g/mol. The van der Waals surface area contributed by atoms with E-state index in [0.29, 0.717) is 23.9 Å². The van der Waals surface area contributed by atoms with Crippen LogP contribution in [0.1, 0.15) is 0 Å². The van der Waals surface area contributed by atoms with Crippen molar-refractivity contribution in [1.29, 1.82) is 0 Å². The van der Waals surface area contributed by atoms with Gasteiger partial charge in [0.1, 0.15) is 37.1 Å². The molecule has 1 N–H and O–H groups in total. The Bertz CT molecular complexity index is 1350. The van der Waals surface area contributed by atoms with Gasteiger partial charge in [0.15, 0.2) is 11.5 Å². The number of ether oxygens (including phenoxy) is 4. The first-order valence-electron chi connectivity index (χ1n) is 10.5. The Labute approximate surface area is 202 Å². The summed E-state index contributed by atoms with van der Waals surface area (Å²) in [4.78, 5) is 12.9. The SMILES string of the molecule is COc1ccc(OC)c(NC(=O)CN(c2cccc(F)c2)S(=O)(=O)c2ccc3c(c2)OCCO3)c1. The molecular formula is C24H23FN2O7S. The summed E-state index contributed by atoms with van der Waals surface area (Å²) in [5.74, 6) is 0.164. The molecule has 0 saturated carbocycles. The second kappa shape index (κ2) is 10.1. The maximum absolute atomic E-state index is 14.0. The molecule has 0 saturated heterocycles. The number of sulfonamides is 1. The first-order valence-corrected chi connectivity index (χ1v) is 12.0. The largest absolute Gasteiger partial charge is 0.497 e. The number of carbonyl (C=O) groups excluding carboxylic acids is 1. The summed E-state index contributed by atoms with van der Waals surface area (Å²) < 4.78 is 63.5. The number of nitrogens with zero attached hydrogens (tertiary/aromatic N) is 1. The molecule has 1 amide bonds. The van der Waals surface area contributed by atoms with Gasteiger partial charge in [0.2, 0.25) is 5.91 Å². The van der Waals surface area contributed by atoms with Gasteiger partial charge < -0.3 is 24.3 Å². The molecule has 0 fully saturated rings. The summed E-state index contributed by atoms with van der Waals surface area (Å²) in [6.07, 6.45) is 0. The Hall–Kier alpha value is -3.99. The van der Waals surface area contributed by atoms with Crippen LogP contribution in [0.4, 0.5) is 15.8 Å². The zero-order valence-corrected chi connectivity index (χ0v) is 19.8. The number of rotatable bonds is 8. The third-order valence-corrected chi connectivity index (χ3v) is 6.94. The fourth-order valence-electron chi connectivity index (χ4n) is 3.49. The molecule has 1 aliphatic rings. The van der Waals surface area contributed by atoms with Crippen LogP contribution in [0.5, 0.6) is 23.0 Å². The predicted molar refractivity (Wildman–Crippen MR) is 127 cm³/mol. The normalized spacial score (nSPS) is 12.5. The number of fused-ring (bicyclic) bond motifs is 1. The molecule has 9 nitrogen and oxygen atoms in total. The minimum Gasteiger partial charge on any atom is -0.497 e. The van der Waals surface area contributed by atoms with E-state index in [9.17, 15) is 17.6 Å². The van der Waals surface area contributed by atoms with Gasteiger partial charge in [0.05, 0.1) is 30.5 Å². The summed E-state index contributed by atoms with van der Waals surface area (Å²) in [5, 5.41) is 2.64. The third-order valence-electron chi connectivity index (χ3n) is 5.17. The van der Waals surface area contributed by atoms with Gasteiger partial charge >= 0.3 is 0 Å². The maximum atomic E-state index is 14.0. The van der Waals surface area contributed by atoms with Crippen LogP contribution in [0.2, 0.25) is 0 Å². The summed E-state index contributed by atoms with van der Waals surface area (Å²) in [7, 11) is -1.40. The Morgan fingerprint density at radius 3 is 2.49 bits per heavy atom. The molecule has 4 rings (SSSR count). The monoisotopic (exact) mass is 502 g/mol. The standard InChI is InChI=1S/C24H23FN2O7S/c1-31-18-6-8-21(32-2)20(13-18)26-24(28)15-27(17-5-3-4-16(25)12-17)35(29,30)19-7-9-22-23(14-19)34-11-10-33-22/h3-9,12-14H,10-11,15H2,1-2H3,(H,26,28). The molecule has 0 atom stereocenters. The van der Waals surface area contributed by atoms with Crippen molar-refractivity contribution in [1.82, 2.24) is 0 Å². The Kier molecular flexibility index (Phi) is 6.97. The lowest BCUT2D eigenvalue weighted by atomic mass is 10.2. The number of hydrogen-bond donors (Lipinski definition) is 1. The van der Waals surface area contributed by atoms with Crippen LogP contribution in [0.3, 0.4) is 0 Å². The molecule has 11 heteroatoms. The van der Waals surface area contributed by atoms with E-state index in [1.807, 2.05) is 0 Å². The number of methoxy groups -OCH3 is 2. The van der Waals surface area contributed by atoms with Crippen LogP contribution in [0, 0.1) is 5.82 Å². The van der Waals surface area contributed by atoms with Gasteiger partial charge in [-0.15, -0.1) is 0 Å². The van der Waals surface area contributed by atoms with Gasteiger partial charge in [-0.05, 0) is 42.5 Å². The van der Waals surface area contributed by atoms with E-state index < -0.39 is 28.3 Å². The Balaban J connectivity index is 1.68. The molecular weight excluding hydrogens is 479 g/mol. The molecule has 0 aromatic heterocycles.